The second-order valence-corrected chi connectivity index (χ2v) is 6.84. The fraction of sp³-hybridized carbons (Fsp3) is 0.647. The molecule has 132 valence electrons. The van der Waals surface area contributed by atoms with Crippen molar-refractivity contribution >= 4 is 27.5 Å². The van der Waals surface area contributed by atoms with Gasteiger partial charge in [0.05, 0.1) is 12.3 Å². The first-order chi connectivity index (χ1) is 11.7. The van der Waals surface area contributed by atoms with Gasteiger partial charge in [0.15, 0.2) is 6.29 Å². The van der Waals surface area contributed by atoms with Gasteiger partial charge < -0.3 is 19.5 Å². The number of carbonyl (C=O) groups excluding carboxylic acids is 1. The van der Waals surface area contributed by atoms with Crippen LogP contribution in [0.1, 0.15) is 44.1 Å². The fourth-order valence-corrected chi connectivity index (χ4v) is 3.38. The molecule has 0 aliphatic carbocycles. The smallest absolute Gasteiger partial charge is 0.230 e. The first-order valence-electron chi connectivity index (χ1n) is 8.57. The minimum atomic E-state index is -0.0280. The molecule has 1 aromatic heterocycles. The number of hydrogen-bond acceptors (Lipinski definition) is 5. The topological polar surface area (TPSA) is 69.7 Å². The summed E-state index contributed by atoms with van der Waals surface area (Å²) in [7, 11) is 0. The zero-order chi connectivity index (χ0) is 16.8. The zero-order valence-corrected chi connectivity index (χ0v) is 15.3. The van der Waals surface area contributed by atoms with Gasteiger partial charge in [-0.05, 0) is 60.0 Å². The van der Waals surface area contributed by atoms with Crippen molar-refractivity contribution in [2.45, 2.75) is 51.2 Å². The Balaban J connectivity index is 1.39. The van der Waals surface area contributed by atoms with Gasteiger partial charge >= 0.3 is 0 Å². The largest absolute Gasteiger partial charge is 0.477 e. The molecule has 0 saturated carbocycles. The van der Waals surface area contributed by atoms with Crippen LogP contribution in [0.15, 0.2) is 10.7 Å². The van der Waals surface area contributed by atoms with Crippen molar-refractivity contribution < 1.29 is 19.0 Å². The third-order valence-corrected chi connectivity index (χ3v) is 4.91. The molecular weight excluding hydrogens is 376 g/mol. The van der Waals surface area contributed by atoms with E-state index in [4.69, 9.17) is 14.2 Å². The first-order valence-corrected chi connectivity index (χ1v) is 9.36. The van der Waals surface area contributed by atoms with Crippen LogP contribution in [0.4, 0.5) is 5.69 Å². The van der Waals surface area contributed by atoms with Crippen LogP contribution >= 0.6 is 15.9 Å². The van der Waals surface area contributed by atoms with Gasteiger partial charge in [-0.2, -0.15) is 0 Å². The van der Waals surface area contributed by atoms with Gasteiger partial charge in [0, 0.05) is 25.8 Å². The number of amides is 1. The van der Waals surface area contributed by atoms with Gasteiger partial charge in [-0.15, -0.1) is 0 Å². The second-order valence-electron chi connectivity index (χ2n) is 6.05. The summed E-state index contributed by atoms with van der Waals surface area (Å²) in [4.78, 5) is 15.9. The number of unbranched alkanes of at least 4 members (excludes halogenated alkanes) is 1. The lowest BCUT2D eigenvalue weighted by molar-refractivity contribution is -0.162. The molecule has 0 bridgehead atoms. The third-order valence-electron chi connectivity index (χ3n) is 4.17. The number of rotatable bonds is 7. The monoisotopic (exact) mass is 398 g/mol. The minimum Gasteiger partial charge on any atom is -0.477 e. The molecule has 1 fully saturated rings. The lowest BCUT2D eigenvalue weighted by Gasteiger charge is -2.22. The first kappa shape index (κ1) is 17.6. The SMILES string of the molecule is O=C1CCc2cnc(OCCCCOC3CCCCO3)c(Br)c2N1. The summed E-state index contributed by atoms with van der Waals surface area (Å²) in [5.41, 5.74) is 1.82. The Kier molecular flexibility index (Phi) is 6.45. The van der Waals surface area contributed by atoms with E-state index in [9.17, 15) is 4.79 Å². The molecule has 6 nitrogen and oxygen atoms in total. The number of halogens is 1. The Morgan fingerprint density at radius 2 is 2.17 bits per heavy atom. The molecule has 2 aliphatic rings. The van der Waals surface area contributed by atoms with Crippen molar-refractivity contribution in [1.82, 2.24) is 4.98 Å². The van der Waals surface area contributed by atoms with E-state index in [-0.39, 0.29) is 12.2 Å². The maximum atomic E-state index is 11.5. The van der Waals surface area contributed by atoms with Gasteiger partial charge in [0.2, 0.25) is 11.8 Å². The van der Waals surface area contributed by atoms with Gasteiger partial charge in [-0.1, -0.05) is 0 Å². The molecule has 1 atom stereocenters. The van der Waals surface area contributed by atoms with Crippen molar-refractivity contribution in [2.75, 3.05) is 25.1 Å². The number of carbonyl (C=O) groups is 1. The van der Waals surface area contributed by atoms with Gasteiger partial charge in [0.1, 0.15) is 4.47 Å². The van der Waals surface area contributed by atoms with E-state index >= 15 is 0 Å². The lowest BCUT2D eigenvalue weighted by atomic mass is 10.1. The van der Waals surface area contributed by atoms with Crippen LogP contribution in [-0.2, 0) is 20.7 Å². The van der Waals surface area contributed by atoms with Crippen LogP contribution in [-0.4, -0.2) is 37.0 Å². The molecule has 1 N–H and O–H groups in total. The normalized spacial score (nSPS) is 20.4. The fourth-order valence-electron chi connectivity index (χ4n) is 2.81. The maximum absolute atomic E-state index is 11.5. The molecule has 1 aromatic rings. The van der Waals surface area contributed by atoms with Crippen molar-refractivity contribution in [3.8, 4) is 5.88 Å². The highest BCUT2D eigenvalue weighted by molar-refractivity contribution is 9.10. The van der Waals surface area contributed by atoms with Gasteiger partial charge in [-0.25, -0.2) is 4.98 Å². The highest BCUT2D eigenvalue weighted by Crippen LogP contribution is 2.36. The van der Waals surface area contributed by atoms with E-state index in [1.54, 1.807) is 6.20 Å². The van der Waals surface area contributed by atoms with E-state index in [0.717, 1.165) is 48.0 Å². The van der Waals surface area contributed by atoms with E-state index in [2.05, 4.69) is 26.2 Å². The van der Waals surface area contributed by atoms with E-state index in [0.29, 0.717) is 31.9 Å². The number of nitrogens with zero attached hydrogens (tertiary/aromatic N) is 1. The average molecular weight is 399 g/mol. The molecule has 3 heterocycles. The molecule has 1 amide bonds. The molecule has 0 spiro atoms. The average Bonchev–Trinajstić information content (AvgIpc) is 2.61. The Hall–Kier alpha value is -1.18. The Labute approximate surface area is 150 Å². The van der Waals surface area contributed by atoms with Crippen LogP contribution in [0.25, 0.3) is 0 Å². The summed E-state index contributed by atoms with van der Waals surface area (Å²) >= 11 is 3.49. The molecule has 1 saturated heterocycles. The quantitative estimate of drug-likeness (QED) is 0.712. The standard InChI is InChI=1S/C17H23BrN2O4/c18-15-16-12(6-7-13(21)20-16)11-19-17(15)24-10-4-3-9-23-14-5-1-2-8-22-14/h11,14H,1-10H2,(H,20,21). The molecule has 0 radical (unpaired) electrons. The number of anilines is 1. The minimum absolute atomic E-state index is 0.0280. The molecule has 0 aromatic carbocycles. The van der Waals surface area contributed by atoms with E-state index in [1.165, 1.54) is 6.42 Å². The van der Waals surface area contributed by atoms with Crippen molar-refractivity contribution in [2.24, 2.45) is 0 Å². The summed E-state index contributed by atoms with van der Waals surface area (Å²) in [5, 5.41) is 2.88. The number of fused-ring (bicyclic) bond motifs is 1. The lowest BCUT2D eigenvalue weighted by Crippen LogP contribution is -2.22. The summed E-state index contributed by atoms with van der Waals surface area (Å²) in [6, 6.07) is 0. The summed E-state index contributed by atoms with van der Waals surface area (Å²) in [6.07, 6.45) is 8.08. The van der Waals surface area contributed by atoms with Crippen LogP contribution in [0.5, 0.6) is 5.88 Å². The van der Waals surface area contributed by atoms with Gasteiger partial charge in [-0.3, -0.25) is 4.79 Å². The predicted molar refractivity (Wildman–Crippen MR) is 93.2 cm³/mol. The van der Waals surface area contributed by atoms with Crippen LogP contribution in [0, 0.1) is 0 Å². The number of aryl methyl sites for hydroxylation is 1. The van der Waals surface area contributed by atoms with E-state index in [1.807, 2.05) is 0 Å². The Bertz CT molecular complexity index is 576. The zero-order valence-electron chi connectivity index (χ0n) is 13.7. The Morgan fingerprint density at radius 1 is 1.29 bits per heavy atom. The second kappa shape index (κ2) is 8.78. The van der Waals surface area contributed by atoms with Crippen molar-refractivity contribution in [3.63, 3.8) is 0 Å². The van der Waals surface area contributed by atoms with Crippen molar-refractivity contribution in [1.29, 1.82) is 0 Å². The molecule has 1 unspecified atom stereocenters. The molecular formula is C17H23BrN2O4. The molecule has 24 heavy (non-hydrogen) atoms. The third kappa shape index (κ3) is 4.68. The van der Waals surface area contributed by atoms with E-state index < -0.39 is 0 Å². The number of hydrogen-bond donors (Lipinski definition) is 1. The molecule has 2 aliphatic heterocycles. The van der Waals surface area contributed by atoms with Crippen molar-refractivity contribution in [3.05, 3.63) is 16.2 Å². The summed E-state index contributed by atoms with van der Waals surface area (Å²) in [5.74, 6) is 0.551. The Morgan fingerprint density at radius 3 is 3.00 bits per heavy atom. The van der Waals surface area contributed by atoms with Crippen LogP contribution in [0.3, 0.4) is 0 Å². The highest BCUT2D eigenvalue weighted by Gasteiger charge is 2.20. The number of ether oxygens (including phenoxy) is 3. The number of nitrogens with one attached hydrogen (secondary N) is 1. The van der Waals surface area contributed by atoms with Crippen LogP contribution < -0.4 is 10.1 Å². The summed E-state index contributed by atoms with van der Waals surface area (Å²) in [6.45, 7) is 2.05. The van der Waals surface area contributed by atoms with Crippen LogP contribution in [0.2, 0.25) is 0 Å². The highest BCUT2D eigenvalue weighted by atomic mass is 79.9. The summed E-state index contributed by atoms with van der Waals surface area (Å²) < 4.78 is 17.7. The van der Waals surface area contributed by atoms with Gasteiger partial charge in [0.25, 0.3) is 0 Å². The molecule has 7 heteroatoms. The number of aromatic nitrogens is 1. The molecule has 3 rings (SSSR count). The number of pyridine rings is 1. The maximum Gasteiger partial charge on any atom is 0.230 e. The predicted octanol–water partition coefficient (Wildman–Crippen LogP) is 3.43.